The van der Waals surface area contributed by atoms with E-state index in [2.05, 4.69) is 15.4 Å². The molecule has 9 nitrogen and oxygen atoms in total. The summed E-state index contributed by atoms with van der Waals surface area (Å²) in [5.74, 6) is -0.443. The zero-order valence-corrected chi connectivity index (χ0v) is 19.8. The number of fused-ring (bicyclic) bond motifs is 1. The summed E-state index contributed by atoms with van der Waals surface area (Å²) >= 11 is 5.94. The number of hydrogen-bond donors (Lipinski definition) is 0. The largest absolute Gasteiger partial charge is 0.442 e. The van der Waals surface area contributed by atoms with E-state index in [0.717, 1.165) is 16.8 Å². The fourth-order valence-corrected chi connectivity index (χ4v) is 3.79. The molecule has 1 aromatic carbocycles. The van der Waals surface area contributed by atoms with E-state index in [-0.39, 0.29) is 11.4 Å². The van der Waals surface area contributed by atoms with E-state index in [9.17, 15) is 22.8 Å². The van der Waals surface area contributed by atoms with Crippen LogP contribution in [0.15, 0.2) is 36.7 Å². The molecule has 1 aliphatic heterocycles. The van der Waals surface area contributed by atoms with Crippen molar-refractivity contribution in [3.05, 3.63) is 64.2 Å². The summed E-state index contributed by atoms with van der Waals surface area (Å²) in [6.07, 6.45) is -1.01. The van der Waals surface area contributed by atoms with Crippen LogP contribution in [-0.2, 0) is 10.9 Å². The third-order valence-corrected chi connectivity index (χ3v) is 5.49. The summed E-state index contributed by atoms with van der Waals surface area (Å²) in [7, 11) is 0. The van der Waals surface area contributed by atoms with Crippen molar-refractivity contribution in [1.29, 1.82) is 0 Å². The number of alkyl halides is 3. The average Bonchev–Trinajstić information content (AvgIpc) is 3.39. The van der Waals surface area contributed by atoms with Crippen LogP contribution in [0.3, 0.4) is 0 Å². The lowest BCUT2D eigenvalue weighted by Gasteiger charge is -2.28. The monoisotopic (exact) mass is 508 g/mol. The minimum atomic E-state index is -4.70. The van der Waals surface area contributed by atoms with Gasteiger partial charge in [0, 0.05) is 18.5 Å². The molecule has 0 aliphatic carbocycles. The van der Waals surface area contributed by atoms with Crippen molar-refractivity contribution in [2.24, 2.45) is 0 Å². The van der Waals surface area contributed by atoms with Gasteiger partial charge in [0.1, 0.15) is 11.3 Å². The highest BCUT2D eigenvalue weighted by molar-refractivity contribution is 6.34. The van der Waals surface area contributed by atoms with E-state index >= 15 is 0 Å². The van der Waals surface area contributed by atoms with Crippen molar-refractivity contribution >= 4 is 29.7 Å². The molecule has 4 rings (SSSR count). The van der Waals surface area contributed by atoms with E-state index in [0.29, 0.717) is 11.4 Å². The van der Waals surface area contributed by atoms with E-state index < -0.39 is 40.4 Å². The highest BCUT2D eigenvalue weighted by Gasteiger charge is 2.37. The summed E-state index contributed by atoms with van der Waals surface area (Å²) in [6, 6.07) is 4.04. The van der Waals surface area contributed by atoms with Gasteiger partial charge in [0.2, 0.25) is 0 Å². The minimum absolute atomic E-state index is 0.280. The Balaban J connectivity index is 1.62. The maximum atomic E-state index is 13.2. The van der Waals surface area contributed by atoms with E-state index in [4.69, 9.17) is 16.3 Å². The Bertz CT molecular complexity index is 1340. The van der Waals surface area contributed by atoms with Crippen molar-refractivity contribution in [2.75, 3.05) is 0 Å². The van der Waals surface area contributed by atoms with E-state index in [1.54, 1.807) is 27.7 Å². The average molecular weight is 509 g/mol. The lowest BCUT2D eigenvalue weighted by molar-refractivity contribution is -0.137. The molecule has 0 bridgehead atoms. The van der Waals surface area contributed by atoms with Crippen LogP contribution < -0.4 is 0 Å². The molecule has 0 radical (unpaired) electrons. The van der Waals surface area contributed by atoms with Gasteiger partial charge < -0.3 is 9.64 Å². The van der Waals surface area contributed by atoms with Gasteiger partial charge in [-0.15, -0.1) is 10.2 Å². The highest BCUT2D eigenvalue weighted by Crippen LogP contribution is 2.38. The van der Waals surface area contributed by atoms with Crippen molar-refractivity contribution in [3.63, 3.8) is 0 Å². The van der Waals surface area contributed by atoms with Gasteiger partial charge in [-0.3, -0.25) is 4.79 Å². The maximum absolute atomic E-state index is 13.2. The number of nitrogens with zero attached hydrogens (tertiary/aromatic N) is 6. The zero-order chi connectivity index (χ0) is 25.7. The number of carbonyl (C=O) groups is 2. The first-order valence-corrected chi connectivity index (χ1v) is 10.8. The number of amides is 1. The second kappa shape index (κ2) is 8.52. The summed E-state index contributed by atoms with van der Waals surface area (Å²) in [6.45, 7) is 6.85. The predicted molar refractivity (Wildman–Crippen MR) is 119 cm³/mol. The van der Waals surface area contributed by atoms with E-state index in [1.165, 1.54) is 40.2 Å². The molecule has 1 unspecified atom stereocenters. The van der Waals surface area contributed by atoms with E-state index in [1.807, 2.05) is 0 Å². The third-order valence-electron chi connectivity index (χ3n) is 5.08. The highest BCUT2D eigenvalue weighted by atomic mass is 35.5. The number of aromatic nitrogens is 5. The number of carbonyl (C=O) groups excluding carboxylic acids is 2. The molecule has 1 aliphatic rings. The Morgan fingerprint density at radius 3 is 2.51 bits per heavy atom. The SMILES string of the molecule is CC1c2nnn(-c3ccn(C(=O)OC(C)(C)C)n3)c2C=CN1C(=O)c1cccc(C(F)(F)F)c1Cl. The standard InChI is InChI=1S/C22H20ClF3N6O3/c1-12-18-15(32(29-27-18)16-9-11-31(28-16)20(34)35-21(2,3)4)8-10-30(12)19(33)13-6-5-7-14(17(13)23)22(24,25)26/h5-12H,1-4H3. The molecule has 0 fully saturated rings. The third kappa shape index (κ3) is 4.65. The summed E-state index contributed by atoms with van der Waals surface area (Å²) in [4.78, 5) is 26.6. The molecule has 3 heterocycles. The van der Waals surface area contributed by atoms with Gasteiger partial charge >= 0.3 is 12.3 Å². The molecule has 35 heavy (non-hydrogen) atoms. The van der Waals surface area contributed by atoms with Gasteiger partial charge in [-0.1, -0.05) is 22.9 Å². The molecule has 0 saturated heterocycles. The van der Waals surface area contributed by atoms with Crippen LogP contribution in [0.5, 0.6) is 0 Å². The first-order valence-electron chi connectivity index (χ1n) is 10.4. The summed E-state index contributed by atoms with van der Waals surface area (Å²) in [5.41, 5.74) is -1.20. The Hall–Kier alpha value is -3.67. The Morgan fingerprint density at radius 2 is 1.86 bits per heavy atom. The quantitative estimate of drug-likeness (QED) is 0.477. The van der Waals surface area contributed by atoms with Crippen LogP contribution in [0.4, 0.5) is 18.0 Å². The minimum Gasteiger partial charge on any atom is -0.442 e. The van der Waals surface area contributed by atoms with Gasteiger partial charge in [-0.05, 0) is 45.9 Å². The van der Waals surface area contributed by atoms with Gasteiger partial charge in [0.25, 0.3) is 5.91 Å². The number of hydrogen-bond acceptors (Lipinski definition) is 6. The second-order valence-corrected chi connectivity index (χ2v) is 9.12. The van der Waals surface area contributed by atoms with Crippen molar-refractivity contribution in [2.45, 2.75) is 45.5 Å². The van der Waals surface area contributed by atoms with Gasteiger partial charge in [0.05, 0.1) is 27.9 Å². The Morgan fingerprint density at radius 1 is 1.14 bits per heavy atom. The molecule has 1 amide bonds. The molecule has 3 aromatic rings. The topological polar surface area (TPSA) is 95.1 Å². The van der Waals surface area contributed by atoms with Crippen LogP contribution in [-0.4, -0.2) is 47.3 Å². The Kier molecular flexibility index (Phi) is 5.95. The predicted octanol–water partition coefficient (Wildman–Crippen LogP) is 5.11. The molecule has 0 N–H and O–H groups in total. The summed E-state index contributed by atoms with van der Waals surface area (Å²) in [5, 5.41) is 11.7. The molecule has 1 atom stereocenters. The molecule has 0 saturated carbocycles. The Labute approximate surface area is 202 Å². The number of halogens is 4. The molecule has 184 valence electrons. The first kappa shape index (κ1) is 24.5. The zero-order valence-electron chi connectivity index (χ0n) is 19.0. The van der Waals surface area contributed by atoms with Crippen molar-refractivity contribution in [1.82, 2.24) is 29.7 Å². The lowest BCUT2D eigenvalue weighted by Crippen LogP contribution is -2.31. The lowest BCUT2D eigenvalue weighted by atomic mass is 10.0. The maximum Gasteiger partial charge on any atom is 0.435 e. The number of rotatable bonds is 2. The number of benzene rings is 1. The fourth-order valence-electron chi connectivity index (χ4n) is 3.47. The van der Waals surface area contributed by atoms with Gasteiger partial charge in [-0.25, -0.2) is 4.79 Å². The van der Waals surface area contributed by atoms with Crippen LogP contribution in [0.25, 0.3) is 11.9 Å². The van der Waals surface area contributed by atoms with Crippen molar-refractivity contribution in [3.8, 4) is 5.82 Å². The van der Waals surface area contributed by atoms with Crippen LogP contribution in [0.1, 0.15) is 61.0 Å². The summed E-state index contributed by atoms with van der Waals surface area (Å²) < 4.78 is 47.4. The molecular formula is C22H20ClF3N6O3. The smallest absolute Gasteiger partial charge is 0.435 e. The van der Waals surface area contributed by atoms with Gasteiger partial charge in [0.15, 0.2) is 5.82 Å². The fraction of sp³-hybridized carbons (Fsp3) is 0.318. The normalized spacial score (nSPS) is 15.8. The first-order chi connectivity index (χ1) is 16.3. The molecule has 2 aromatic heterocycles. The molecule has 0 spiro atoms. The molecular weight excluding hydrogens is 489 g/mol. The molecule has 13 heteroatoms. The van der Waals surface area contributed by atoms with Crippen molar-refractivity contribution < 1.29 is 27.5 Å². The number of ether oxygens (including phenoxy) is 1. The second-order valence-electron chi connectivity index (χ2n) is 8.74. The van der Waals surface area contributed by atoms with Crippen LogP contribution >= 0.6 is 11.6 Å². The van der Waals surface area contributed by atoms with Crippen LogP contribution in [0, 0.1) is 0 Å². The van der Waals surface area contributed by atoms with Crippen LogP contribution in [0.2, 0.25) is 5.02 Å². The van der Waals surface area contributed by atoms with Gasteiger partial charge in [-0.2, -0.15) is 22.5 Å².